The number of hydrogen-bond acceptors (Lipinski definition) is 2. The molecule has 0 spiro atoms. The van der Waals surface area contributed by atoms with Gasteiger partial charge in [0.25, 0.3) is 11.8 Å². The maximum absolute atomic E-state index is 12.9. The summed E-state index contributed by atoms with van der Waals surface area (Å²) in [6.45, 7) is 6.03. The zero-order valence-electron chi connectivity index (χ0n) is 16.0. The summed E-state index contributed by atoms with van der Waals surface area (Å²) in [5, 5.41) is 2.85. The standard InChI is InChI=1S/C22H27FN2O2/c1-3-15-25(16-4-2)22(27)19-9-7-18(8-10-19)21(26)24-14-13-17-5-11-20(23)12-6-17/h5-12H,3-4,13-16H2,1-2H3,(H,24,26). The van der Waals surface area contributed by atoms with Gasteiger partial charge in [0.1, 0.15) is 5.82 Å². The molecule has 2 aromatic rings. The molecule has 0 aromatic heterocycles. The second kappa shape index (κ2) is 10.5. The molecule has 0 unspecified atom stereocenters. The van der Waals surface area contributed by atoms with E-state index in [1.807, 2.05) is 4.90 Å². The van der Waals surface area contributed by atoms with Crippen molar-refractivity contribution in [2.75, 3.05) is 19.6 Å². The van der Waals surface area contributed by atoms with Gasteiger partial charge in [-0.3, -0.25) is 9.59 Å². The molecule has 0 heterocycles. The van der Waals surface area contributed by atoms with E-state index in [9.17, 15) is 14.0 Å². The fourth-order valence-corrected chi connectivity index (χ4v) is 2.87. The van der Waals surface area contributed by atoms with E-state index in [1.54, 1.807) is 36.4 Å². The first-order valence-electron chi connectivity index (χ1n) is 9.47. The van der Waals surface area contributed by atoms with Crippen molar-refractivity contribution < 1.29 is 14.0 Å². The maximum Gasteiger partial charge on any atom is 0.253 e. The van der Waals surface area contributed by atoms with Gasteiger partial charge < -0.3 is 10.2 Å². The third-order valence-electron chi connectivity index (χ3n) is 4.28. The predicted molar refractivity (Wildman–Crippen MR) is 105 cm³/mol. The molecule has 0 aliphatic heterocycles. The quantitative estimate of drug-likeness (QED) is 0.724. The number of carbonyl (C=O) groups excluding carboxylic acids is 2. The van der Waals surface area contributed by atoms with Gasteiger partial charge in [-0.05, 0) is 61.2 Å². The van der Waals surface area contributed by atoms with Crippen molar-refractivity contribution in [3.05, 3.63) is 71.0 Å². The lowest BCUT2D eigenvalue weighted by Crippen LogP contribution is -2.32. The molecule has 0 fully saturated rings. The Bertz CT molecular complexity index is 736. The number of nitrogens with one attached hydrogen (secondary N) is 1. The fourth-order valence-electron chi connectivity index (χ4n) is 2.87. The molecule has 0 atom stereocenters. The van der Waals surface area contributed by atoms with Crippen LogP contribution in [-0.2, 0) is 6.42 Å². The lowest BCUT2D eigenvalue weighted by atomic mass is 10.1. The van der Waals surface area contributed by atoms with Crippen molar-refractivity contribution in [3.8, 4) is 0 Å². The van der Waals surface area contributed by atoms with Crippen molar-refractivity contribution in [3.63, 3.8) is 0 Å². The largest absolute Gasteiger partial charge is 0.352 e. The Kier molecular flexibility index (Phi) is 7.99. The Labute approximate surface area is 160 Å². The number of nitrogens with zero attached hydrogens (tertiary/aromatic N) is 1. The summed E-state index contributed by atoms with van der Waals surface area (Å²) in [6.07, 6.45) is 2.46. The van der Waals surface area contributed by atoms with Crippen molar-refractivity contribution in [1.29, 1.82) is 0 Å². The van der Waals surface area contributed by atoms with Gasteiger partial charge in [0.05, 0.1) is 0 Å². The van der Waals surface area contributed by atoms with Crippen LogP contribution < -0.4 is 5.32 Å². The molecule has 0 saturated heterocycles. The van der Waals surface area contributed by atoms with Crippen LogP contribution in [0.3, 0.4) is 0 Å². The minimum absolute atomic E-state index is 0.00182. The maximum atomic E-state index is 12.9. The van der Waals surface area contributed by atoms with Crippen LogP contribution in [0.4, 0.5) is 4.39 Å². The Morgan fingerprint density at radius 2 is 1.44 bits per heavy atom. The second-order valence-corrected chi connectivity index (χ2v) is 6.50. The molecule has 2 rings (SSSR count). The molecular weight excluding hydrogens is 343 g/mol. The third-order valence-corrected chi connectivity index (χ3v) is 4.28. The molecule has 0 radical (unpaired) electrons. The van der Waals surface area contributed by atoms with E-state index in [2.05, 4.69) is 19.2 Å². The van der Waals surface area contributed by atoms with Gasteiger partial charge in [0, 0.05) is 30.8 Å². The van der Waals surface area contributed by atoms with Gasteiger partial charge in [-0.25, -0.2) is 4.39 Å². The van der Waals surface area contributed by atoms with Crippen LogP contribution in [0.25, 0.3) is 0 Å². The summed E-state index contributed by atoms with van der Waals surface area (Å²) in [5.74, 6) is -0.453. The van der Waals surface area contributed by atoms with Crippen LogP contribution in [0, 0.1) is 5.82 Å². The molecule has 5 heteroatoms. The topological polar surface area (TPSA) is 49.4 Å². The van der Waals surface area contributed by atoms with Crippen molar-refractivity contribution in [1.82, 2.24) is 10.2 Å². The molecule has 0 saturated carbocycles. The van der Waals surface area contributed by atoms with E-state index >= 15 is 0 Å². The Morgan fingerprint density at radius 3 is 2.00 bits per heavy atom. The fraction of sp³-hybridized carbons (Fsp3) is 0.364. The number of hydrogen-bond donors (Lipinski definition) is 1. The highest BCUT2D eigenvalue weighted by Crippen LogP contribution is 2.09. The number of halogens is 1. The van der Waals surface area contributed by atoms with Crippen molar-refractivity contribution in [2.24, 2.45) is 0 Å². The smallest absolute Gasteiger partial charge is 0.253 e. The number of carbonyl (C=O) groups is 2. The normalized spacial score (nSPS) is 10.5. The highest BCUT2D eigenvalue weighted by Gasteiger charge is 2.15. The molecule has 1 N–H and O–H groups in total. The van der Waals surface area contributed by atoms with Gasteiger partial charge in [-0.1, -0.05) is 26.0 Å². The van der Waals surface area contributed by atoms with Gasteiger partial charge in [0.2, 0.25) is 0 Å². The number of amides is 2. The van der Waals surface area contributed by atoms with Crippen LogP contribution in [-0.4, -0.2) is 36.3 Å². The predicted octanol–water partition coefficient (Wildman–Crippen LogP) is 4.06. The van der Waals surface area contributed by atoms with Gasteiger partial charge >= 0.3 is 0 Å². The Morgan fingerprint density at radius 1 is 0.889 bits per heavy atom. The zero-order chi connectivity index (χ0) is 19.6. The molecule has 2 amide bonds. The number of benzene rings is 2. The molecule has 4 nitrogen and oxygen atoms in total. The summed E-state index contributed by atoms with van der Waals surface area (Å²) in [6, 6.07) is 13.0. The summed E-state index contributed by atoms with van der Waals surface area (Å²) < 4.78 is 12.9. The zero-order valence-corrected chi connectivity index (χ0v) is 16.0. The monoisotopic (exact) mass is 370 g/mol. The Balaban J connectivity index is 1.90. The summed E-state index contributed by atoms with van der Waals surface area (Å²) in [4.78, 5) is 26.6. The van der Waals surface area contributed by atoms with Crippen molar-refractivity contribution in [2.45, 2.75) is 33.1 Å². The van der Waals surface area contributed by atoms with E-state index in [4.69, 9.17) is 0 Å². The highest BCUT2D eigenvalue weighted by molar-refractivity contribution is 5.97. The first kappa shape index (κ1) is 20.6. The van der Waals surface area contributed by atoms with Gasteiger partial charge in [-0.15, -0.1) is 0 Å². The van der Waals surface area contributed by atoms with Crippen LogP contribution >= 0.6 is 0 Å². The first-order valence-corrected chi connectivity index (χ1v) is 9.47. The second-order valence-electron chi connectivity index (χ2n) is 6.50. The molecule has 144 valence electrons. The van der Waals surface area contributed by atoms with Crippen LogP contribution in [0.5, 0.6) is 0 Å². The molecule has 2 aromatic carbocycles. The highest BCUT2D eigenvalue weighted by atomic mass is 19.1. The summed E-state index contributed by atoms with van der Waals surface area (Å²) in [7, 11) is 0. The van der Waals surface area contributed by atoms with E-state index in [-0.39, 0.29) is 17.6 Å². The first-order chi connectivity index (χ1) is 13.0. The SMILES string of the molecule is CCCN(CCC)C(=O)c1ccc(C(=O)NCCc2ccc(F)cc2)cc1. The minimum atomic E-state index is -0.270. The molecule has 0 aliphatic carbocycles. The lowest BCUT2D eigenvalue weighted by molar-refractivity contribution is 0.0755. The lowest BCUT2D eigenvalue weighted by Gasteiger charge is -2.21. The molecule has 0 bridgehead atoms. The average molecular weight is 370 g/mol. The van der Waals surface area contributed by atoms with E-state index < -0.39 is 0 Å². The van der Waals surface area contributed by atoms with Gasteiger partial charge in [0.15, 0.2) is 0 Å². The van der Waals surface area contributed by atoms with Crippen LogP contribution in [0.2, 0.25) is 0 Å². The van der Waals surface area contributed by atoms with E-state index in [0.29, 0.717) is 24.1 Å². The molecular formula is C22H27FN2O2. The molecule has 0 aliphatic rings. The molecule has 27 heavy (non-hydrogen) atoms. The van der Waals surface area contributed by atoms with E-state index in [0.717, 1.165) is 31.5 Å². The van der Waals surface area contributed by atoms with Crippen LogP contribution in [0.1, 0.15) is 53.0 Å². The van der Waals surface area contributed by atoms with E-state index in [1.165, 1.54) is 12.1 Å². The average Bonchev–Trinajstić information content (AvgIpc) is 2.69. The van der Waals surface area contributed by atoms with Crippen LogP contribution in [0.15, 0.2) is 48.5 Å². The minimum Gasteiger partial charge on any atom is -0.352 e. The summed E-state index contributed by atoms with van der Waals surface area (Å²) in [5.41, 5.74) is 2.08. The third kappa shape index (κ3) is 6.20. The Hall–Kier alpha value is -2.69. The summed E-state index contributed by atoms with van der Waals surface area (Å²) >= 11 is 0. The van der Waals surface area contributed by atoms with Crippen molar-refractivity contribution >= 4 is 11.8 Å². The number of rotatable bonds is 9. The van der Waals surface area contributed by atoms with Gasteiger partial charge in [-0.2, -0.15) is 0 Å².